The van der Waals surface area contributed by atoms with Crippen molar-refractivity contribution in [2.24, 2.45) is 0 Å². The number of aryl methyl sites for hydroxylation is 1. The molecule has 0 radical (unpaired) electrons. The van der Waals surface area contributed by atoms with E-state index in [1.54, 1.807) is 0 Å². The average Bonchev–Trinajstić information content (AvgIpc) is 2.36. The lowest BCUT2D eigenvalue weighted by Crippen LogP contribution is -2.34. The SMILES string of the molecule is CCSCC(C)NC(=O)c1ccc(NC)c(C)c1. The van der Waals surface area contributed by atoms with Crippen LogP contribution in [0.5, 0.6) is 0 Å². The van der Waals surface area contributed by atoms with Gasteiger partial charge in [0.1, 0.15) is 0 Å². The van der Waals surface area contributed by atoms with Gasteiger partial charge in [0.05, 0.1) is 0 Å². The van der Waals surface area contributed by atoms with Crippen LogP contribution in [-0.4, -0.2) is 30.5 Å². The number of carbonyl (C=O) groups excluding carboxylic acids is 1. The number of amides is 1. The van der Waals surface area contributed by atoms with E-state index in [0.29, 0.717) is 0 Å². The molecule has 1 atom stereocenters. The lowest BCUT2D eigenvalue weighted by Gasteiger charge is -2.14. The van der Waals surface area contributed by atoms with Crippen LogP contribution < -0.4 is 10.6 Å². The topological polar surface area (TPSA) is 41.1 Å². The van der Waals surface area contributed by atoms with Crippen LogP contribution in [0, 0.1) is 6.92 Å². The van der Waals surface area contributed by atoms with Crippen molar-refractivity contribution in [1.29, 1.82) is 0 Å². The highest BCUT2D eigenvalue weighted by atomic mass is 32.2. The van der Waals surface area contributed by atoms with Crippen LogP contribution in [0.2, 0.25) is 0 Å². The molecule has 18 heavy (non-hydrogen) atoms. The van der Waals surface area contributed by atoms with Crippen LogP contribution >= 0.6 is 11.8 Å². The molecule has 0 aliphatic heterocycles. The van der Waals surface area contributed by atoms with Crippen LogP contribution in [0.25, 0.3) is 0 Å². The highest BCUT2D eigenvalue weighted by Crippen LogP contribution is 2.15. The second-order valence-corrected chi connectivity index (χ2v) is 5.63. The molecule has 0 spiro atoms. The maximum Gasteiger partial charge on any atom is 0.251 e. The Morgan fingerprint density at radius 2 is 2.17 bits per heavy atom. The molecule has 0 heterocycles. The molecule has 0 aromatic heterocycles. The normalized spacial score (nSPS) is 12.0. The van der Waals surface area contributed by atoms with Crippen molar-refractivity contribution in [3.05, 3.63) is 29.3 Å². The molecule has 0 fully saturated rings. The lowest BCUT2D eigenvalue weighted by molar-refractivity contribution is 0.0943. The van der Waals surface area contributed by atoms with E-state index in [-0.39, 0.29) is 11.9 Å². The summed E-state index contributed by atoms with van der Waals surface area (Å²) in [6, 6.07) is 5.91. The van der Waals surface area contributed by atoms with Gasteiger partial charge in [-0.2, -0.15) is 11.8 Å². The largest absolute Gasteiger partial charge is 0.388 e. The summed E-state index contributed by atoms with van der Waals surface area (Å²) in [5, 5.41) is 6.11. The predicted molar refractivity (Wildman–Crippen MR) is 80.7 cm³/mol. The Morgan fingerprint density at radius 1 is 1.44 bits per heavy atom. The first-order valence-corrected chi connectivity index (χ1v) is 7.41. The number of carbonyl (C=O) groups is 1. The molecule has 4 heteroatoms. The molecular formula is C14H22N2OS. The molecule has 0 bridgehead atoms. The lowest BCUT2D eigenvalue weighted by atomic mass is 10.1. The minimum atomic E-state index is 0.00459. The zero-order valence-corrected chi connectivity index (χ0v) is 12.4. The number of rotatable bonds is 6. The van der Waals surface area contributed by atoms with Gasteiger partial charge in [-0.3, -0.25) is 4.79 Å². The van der Waals surface area contributed by atoms with E-state index in [0.717, 1.165) is 28.3 Å². The number of nitrogens with one attached hydrogen (secondary N) is 2. The average molecular weight is 266 g/mol. The van der Waals surface area contributed by atoms with E-state index in [4.69, 9.17) is 0 Å². The number of hydrogen-bond donors (Lipinski definition) is 2. The minimum Gasteiger partial charge on any atom is -0.388 e. The van der Waals surface area contributed by atoms with E-state index in [1.807, 2.05) is 50.9 Å². The van der Waals surface area contributed by atoms with Crippen molar-refractivity contribution in [1.82, 2.24) is 5.32 Å². The Morgan fingerprint density at radius 3 is 2.72 bits per heavy atom. The van der Waals surface area contributed by atoms with Gasteiger partial charge in [-0.1, -0.05) is 6.92 Å². The van der Waals surface area contributed by atoms with Gasteiger partial charge in [0.2, 0.25) is 0 Å². The second kappa shape index (κ2) is 7.31. The van der Waals surface area contributed by atoms with E-state index < -0.39 is 0 Å². The molecule has 1 unspecified atom stereocenters. The number of hydrogen-bond acceptors (Lipinski definition) is 3. The monoisotopic (exact) mass is 266 g/mol. The van der Waals surface area contributed by atoms with Crippen LogP contribution in [-0.2, 0) is 0 Å². The molecule has 1 aromatic rings. The van der Waals surface area contributed by atoms with Gasteiger partial charge in [-0.25, -0.2) is 0 Å². The van der Waals surface area contributed by atoms with Crippen LogP contribution in [0.1, 0.15) is 29.8 Å². The standard InChI is InChI=1S/C14H22N2OS/c1-5-18-9-11(3)16-14(17)12-6-7-13(15-4)10(2)8-12/h6-8,11,15H,5,9H2,1-4H3,(H,16,17). The molecule has 0 aliphatic carbocycles. The first kappa shape index (κ1) is 14.9. The van der Waals surface area contributed by atoms with Gasteiger partial charge in [-0.15, -0.1) is 0 Å². The highest BCUT2D eigenvalue weighted by Gasteiger charge is 2.10. The maximum absolute atomic E-state index is 12.0. The first-order valence-electron chi connectivity index (χ1n) is 6.25. The van der Waals surface area contributed by atoms with Crippen molar-refractivity contribution < 1.29 is 4.79 Å². The molecule has 100 valence electrons. The zero-order valence-electron chi connectivity index (χ0n) is 11.5. The Balaban J connectivity index is 2.64. The number of benzene rings is 1. The van der Waals surface area contributed by atoms with E-state index >= 15 is 0 Å². The van der Waals surface area contributed by atoms with E-state index in [9.17, 15) is 4.79 Å². The fourth-order valence-corrected chi connectivity index (χ4v) is 2.40. The van der Waals surface area contributed by atoms with Crippen molar-refractivity contribution >= 4 is 23.4 Å². The van der Waals surface area contributed by atoms with Gasteiger partial charge in [-0.05, 0) is 43.4 Å². The van der Waals surface area contributed by atoms with Crippen LogP contribution in [0.3, 0.4) is 0 Å². The summed E-state index contributed by atoms with van der Waals surface area (Å²) in [6.45, 7) is 6.16. The third-order valence-electron chi connectivity index (χ3n) is 2.71. The van der Waals surface area contributed by atoms with Crippen molar-refractivity contribution in [3.8, 4) is 0 Å². The molecule has 0 saturated carbocycles. The summed E-state index contributed by atoms with van der Waals surface area (Å²) in [5.74, 6) is 2.04. The number of anilines is 1. The summed E-state index contributed by atoms with van der Waals surface area (Å²) in [4.78, 5) is 12.0. The Kier molecular flexibility index (Phi) is 6.05. The third-order valence-corrected chi connectivity index (χ3v) is 3.85. The van der Waals surface area contributed by atoms with Gasteiger partial charge >= 0.3 is 0 Å². The summed E-state index contributed by atoms with van der Waals surface area (Å²) in [6.07, 6.45) is 0. The van der Waals surface area contributed by atoms with Crippen LogP contribution in [0.4, 0.5) is 5.69 Å². The molecule has 0 saturated heterocycles. The fraction of sp³-hybridized carbons (Fsp3) is 0.500. The Hall–Kier alpha value is -1.16. The number of thioether (sulfide) groups is 1. The van der Waals surface area contributed by atoms with Crippen molar-refractivity contribution in [2.75, 3.05) is 23.9 Å². The quantitative estimate of drug-likeness (QED) is 0.832. The molecular weight excluding hydrogens is 244 g/mol. The molecule has 1 amide bonds. The summed E-state index contributed by atoms with van der Waals surface area (Å²) in [5.41, 5.74) is 2.86. The highest BCUT2D eigenvalue weighted by molar-refractivity contribution is 7.99. The molecule has 3 nitrogen and oxygen atoms in total. The predicted octanol–water partition coefficient (Wildman–Crippen LogP) is 2.91. The fourth-order valence-electron chi connectivity index (χ4n) is 1.73. The molecule has 1 rings (SSSR count). The maximum atomic E-state index is 12.0. The van der Waals surface area contributed by atoms with Crippen LogP contribution in [0.15, 0.2) is 18.2 Å². The summed E-state index contributed by atoms with van der Waals surface area (Å²) in [7, 11) is 1.88. The van der Waals surface area contributed by atoms with Gasteiger partial charge in [0.25, 0.3) is 5.91 Å². The van der Waals surface area contributed by atoms with Gasteiger partial charge in [0.15, 0.2) is 0 Å². The van der Waals surface area contributed by atoms with Crippen molar-refractivity contribution in [2.45, 2.75) is 26.8 Å². The molecule has 0 aliphatic rings. The second-order valence-electron chi connectivity index (χ2n) is 4.31. The smallest absolute Gasteiger partial charge is 0.251 e. The molecule has 1 aromatic carbocycles. The summed E-state index contributed by atoms with van der Waals surface area (Å²) >= 11 is 1.84. The third kappa shape index (κ3) is 4.26. The first-order chi connectivity index (χ1) is 8.58. The zero-order chi connectivity index (χ0) is 13.5. The van der Waals surface area contributed by atoms with E-state index in [1.165, 1.54) is 0 Å². The van der Waals surface area contributed by atoms with E-state index in [2.05, 4.69) is 17.6 Å². The summed E-state index contributed by atoms with van der Waals surface area (Å²) < 4.78 is 0. The van der Waals surface area contributed by atoms with Gasteiger partial charge in [0, 0.05) is 30.1 Å². The molecule has 2 N–H and O–H groups in total. The van der Waals surface area contributed by atoms with Gasteiger partial charge < -0.3 is 10.6 Å². The van der Waals surface area contributed by atoms with Crippen molar-refractivity contribution in [3.63, 3.8) is 0 Å². The Labute approximate surface area is 114 Å². The minimum absolute atomic E-state index is 0.00459. The Bertz CT molecular complexity index is 407.